The van der Waals surface area contributed by atoms with Crippen LogP contribution in [0.4, 0.5) is 0 Å². The minimum absolute atomic E-state index is 0.00777. The predicted octanol–water partition coefficient (Wildman–Crippen LogP) is 4.20. The SMILES string of the molecule is CCC1(COC=C2CCCC2)CCCCCO1. The highest BCUT2D eigenvalue weighted by Crippen LogP contribution is 2.29. The molecule has 2 rings (SSSR count). The van der Waals surface area contributed by atoms with Crippen molar-refractivity contribution in [3.05, 3.63) is 11.8 Å². The van der Waals surface area contributed by atoms with E-state index >= 15 is 0 Å². The quantitative estimate of drug-likeness (QED) is 0.683. The minimum Gasteiger partial charge on any atom is -0.498 e. The van der Waals surface area contributed by atoms with E-state index in [0.29, 0.717) is 0 Å². The van der Waals surface area contributed by atoms with E-state index in [4.69, 9.17) is 9.47 Å². The van der Waals surface area contributed by atoms with Gasteiger partial charge in [-0.05, 0) is 50.5 Å². The molecule has 2 heteroatoms. The third-order valence-corrected chi connectivity index (χ3v) is 4.17. The monoisotopic (exact) mass is 238 g/mol. The van der Waals surface area contributed by atoms with Gasteiger partial charge in [0.15, 0.2) is 0 Å². The van der Waals surface area contributed by atoms with Crippen molar-refractivity contribution in [1.29, 1.82) is 0 Å². The van der Waals surface area contributed by atoms with Gasteiger partial charge in [-0.25, -0.2) is 0 Å². The molecule has 1 atom stereocenters. The normalized spacial score (nSPS) is 30.1. The summed E-state index contributed by atoms with van der Waals surface area (Å²) in [5.41, 5.74) is 1.48. The molecule has 2 aliphatic rings. The van der Waals surface area contributed by atoms with Gasteiger partial charge in [-0.15, -0.1) is 0 Å². The molecule has 0 amide bonds. The Morgan fingerprint density at radius 3 is 2.76 bits per heavy atom. The van der Waals surface area contributed by atoms with Crippen LogP contribution in [-0.4, -0.2) is 18.8 Å². The molecule has 0 bridgehead atoms. The number of allylic oxidation sites excluding steroid dienone is 1. The molecular formula is C15H26O2. The summed E-state index contributed by atoms with van der Waals surface area (Å²) in [4.78, 5) is 0. The largest absolute Gasteiger partial charge is 0.498 e. The Bertz CT molecular complexity index is 242. The number of hydrogen-bond donors (Lipinski definition) is 0. The van der Waals surface area contributed by atoms with Crippen molar-refractivity contribution in [3.8, 4) is 0 Å². The van der Waals surface area contributed by atoms with Gasteiger partial charge in [-0.2, -0.15) is 0 Å². The standard InChI is InChI=1S/C15H26O2/c1-2-15(10-6-3-7-11-17-15)13-16-12-14-8-4-5-9-14/h12H,2-11,13H2,1H3. The Balaban J connectivity index is 1.82. The Morgan fingerprint density at radius 1 is 1.18 bits per heavy atom. The topological polar surface area (TPSA) is 18.5 Å². The molecule has 1 saturated carbocycles. The first-order chi connectivity index (χ1) is 8.35. The van der Waals surface area contributed by atoms with Crippen molar-refractivity contribution in [2.45, 2.75) is 70.3 Å². The van der Waals surface area contributed by atoms with Gasteiger partial charge in [0.25, 0.3) is 0 Å². The molecule has 1 aliphatic heterocycles. The molecule has 0 N–H and O–H groups in total. The van der Waals surface area contributed by atoms with Crippen molar-refractivity contribution in [1.82, 2.24) is 0 Å². The Labute approximate surface area is 105 Å². The molecule has 1 heterocycles. The molecule has 0 aromatic rings. The van der Waals surface area contributed by atoms with Crippen LogP contribution < -0.4 is 0 Å². The first-order valence-corrected chi connectivity index (χ1v) is 7.28. The van der Waals surface area contributed by atoms with Gasteiger partial charge < -0.3 is 9.47 Å². The molecule has 17 heavy (non-hydrogen) atoms. The van der Waals surface area contributed by atoms with Gasteiger partial charge in [0.05, 0.1) is 6.26 Å². The van der Waals surface area contributed by atoms with E-state index in [2.05, 4.69) is 6.92 Å². The van der Waals surface area contributed by atoms with Crippen LogP contribution in [0.3, 0.4) is 0 Å². The van der Waals surface area contributed by atoms with Gasteiger partial charge >= 0.3 is 0 Å². The molecule has 0 aromatic carbocycles. The van der Waals surface area contributed by atoms with Crippen LogP contribution in [-0.2, 0) is 9.47 Å². The van der Waals surface area contributed by atoms with E-state index in [-0.39, 0.29) is 5.60 Å². The van der Waals surface area contributed by atoms with E-state index in [1.54, 1.807) is 0 Å². The Hall–Kier alpha value is -0.500. The summed E-state index contributed by atoms with van der Waals surface area (Å²) in [7, 11) is 0. The van der Waals surface area contributed by atoms with Gasteiger partial charge in [-0.1, -0.05) is 19.8 Å². The molecule has 0 radical (unpaired) electrons. The lowest BCUT2D eigenvalue weighted by Crippen LogP contribution is -2.36. The second kappa shape index (κ2) is 6.44. The minimum atomic E-state index is -0.00777. The van der Waals surface area contributed by atoms with Crippen molar-refractivity contribution >= 4 is 0 Å². The third kappa shape index (κ3) is 3.74. The second-order valence-corrected chi connectivity index (χ2v) is 5.49. The van der Waals surface area contributed by atoms with Crippen LogP contribution in [0.15, 0.2) is 11.8 Å². The Kier molecular flexibility index (Phi) is 4.90. The van der Waals surface area contributed by atoms with Gasteiger partial charge in [0, 0.05) is 6.61 Å². The maximum atomic E-state index is 6.05. The maximum Gasteiger partial charge on any atom is 0.116 e. The zero-order chi connectivity index (χ0) is 12.0. The lowest BCUT2D eigenvalue weighted by molar-refractivity contribution is -0.0826. The van der Waals surface area contributed by atoms with Crippen LogP contribution in [0.25, 0.3) is 0 Å². The number of rotatable bonds is 4. The zero-order valence-corrected chi connectivity index (χ0v) is 11.2. The summed E-state index contributed by atoms with van der Waals surface area (Å²) < 4.78 is 11.9. The number of hydrogen-bond acceptors (Lipinski definition) is 2. The van der Waals surface area contributed by atoms with Crippen LogP contribution in [0.5, 0.6) is 0 Å². The first-order valence-electron chi connectivity index (χ1n) is 7.28. The summed E-state index contributed by atoms with van der Waals surface area (Å²) in [5, 5.41) is 0. The van der Waals surface area contributed by atoms with Crippen molar-refractivity contribution < 1.29 is 9.47 Å². The summed E-state index contributed by atoms with van der Waals surface area (Å²) in [6, 6.07) is 0. The van der Waals surface area contributed by atoms with Crippen molar-refractivity contribution in [2.24, 2.45) is 0 Å². The molecule has 0 aromatic heterocycles. The zero-order valence-electron chi connectivity index (χ0n) is 11.2. The average Bonchev–Trinajstić information content (AvgIpc) is 2.75. The molecule has 1 aliphatic carbocycles. The predicted molar refractivity (Wildman–Crippen MR) is 69.9 cm³/mol. The molecule has 98 valence electrons. The van der Waals surface area contributed by atoms with Crippen molar-refractivity contribution in [3.63, 3.8) is 0 Å². The third-order valence-electron chi connectivity index (χ3n) is 4.17. The molecule has 0 spiro atoms. The Morgan fingerprint density at radius 2 is 2.00 bits per heavy atom. The lowest BCUT2D eigenvalue weighted by Gasteiger charge is -2.30. The molecule has 2 nitrogen and oxygen atoms in total. The average molecular weight is 238 g/mol. The fraction of sp³-hybridized carbons (Fsp3) is 0.867. The van der Waals surface area contributed by atoms with Crippen molar-refractivity contribution in [2.75, 3.05) is 13.2 Å². The summed E-state index contributed by atoms with van der Waals surface area (Å²) in [5.74, 6) is 0. The summed E-state index contributed by atoms with van der Waals surface area (Å²) >= 11 is 0. The fourth-order valence-corrected chi connectivity index (χ4v) is 2.84. The smallest absolute Gasteiger partial charge is 0.116 e. The fourth-order valence-electron chi connectivity index (χ4n) is 2.84. The molecule has 1 unspecified atom stereocenters. The summed E-state index contributed by atoms with van der Waals surface area (Å²) in [6.45, 7) is 3.87. The molecule has 1 saturated heterocycles. The van der Waals surface area contributed by atoms with Gasteiger partial charge in [0.2, 0.25) is 0 Å². The highest BCUT2D eigenvalue weighted by atomic mass is 16.5. The van der Waals surface area contributed by atoms with E-state index in [9.17, 15) is 0 Å². The van der Waals surface area contributed by atoms with Crippen LogP contribution in [0.2, 0.25) is 0 Å². The lowest BCUT2D eigenvalue weighted by atomic mass is 9.95. The van der Waals surface area contributed by atoms with Crippen LogP contribution in [0, 0.1) is 0 Å². The van der Waals surface area contributed by atoms with E-state index < -0.39 is 0 Å². The van der Waals surface area contributed by atoms with E-state index in [0.717, 1.165) is 26.1 Å². The highest BCUT2D eigenvalue weighted by Gasteiger charge is 2.30. The van der Waals surface area contributed by atoms with Crippen LogP contribution >= 0.6 is 0 Å². The molecular weight excluding hydrogens is 212 g/mol. The second-order valence-electron chi connectivity index (χ2n) is 5.49. The van der Waals surface area contributed by atoms with E-state index in [1.165, 1.54) is 50.5 Å². The highest BCUT2D eigenvalue weighted by molar-refractivity contribution is 5.02. The number of ether oxygens (including phenoxy) is 2. The first kappa shape index (κ1) is 12.9. The summed E-state index contributed by atoms with van der Waals surface area (Å²) in [6.07, 6.45) is 13.2. The molecule has 2 fully saturated rings. The van der Waals surface area contributed by atoms with Gasteiger partial charge in [0.1, 0.15) is 12.2 Å². The van der Waals surface area contributed by atoms with Gasteiger partial charge in [-0.3, -0.25) is 0 Å². The van der Waals surface area contributed by atoms with Crippen LogP contribution in [0.1, 0.15) is 64.7 Å². The maximum absolute atomic E-state index is 6.05. The van der Waals surface area contributed by atoms with E-state index in [1.807, 2.05) is 6.26 Å².